The molecule has 0 aliphatic rings. The Morgan fingerprint density at radius 2 is 2.29 bits per heavy atom. The number of allylic oxidation sites excluding steroid dienone is 3. The van der Waals surface area contributed by atoms with Gasteiger partial charge in [0.15, 0.2) is 5.69 Å². The first-order chi connectivity index (χ1) is 9.92. The fourth-order valence-electron chi connectivity index (χ4n) is 1.51. The highest BCUT2D eigenvalue weighted by Crippen LogP contribution is 2.09. The van der Waals surface area contributed by atoms with Crippen LogP contribution in [0.4, 0.5) is 4.39 Å². The molecule has 1 unspecified atom stereocenters. The Morgan fingerprint density at radius 3 is 2.90 bits per heavy atom. The van der Waals surface area contributed by atoms with E-state index in [0.29, 0.717) is 15.8 Å². The van der Waals surface area contributed by atoms with Gasteiger partial charge in [-0.2, -0.15) is 0 Å². The van der Waals surface area contributed by atoms with Crippen LogP contribution in [0.15, 0.2) is 27.7 Å². The molecule has 1 aromatic heterocycles. The van der Waals surface area contributed by atoms with E-state index in [1.54, 1.807) is 12.2 Å². The Labute approximate surface area is 135 Å². The second-order valence-electron chi connectivity index (χ2n) is 4.33. The van der Waals surface area contributed by atoms with E-state index in [0.717, 1.165) is 0 Å². The Hall–Kier alpha value is -1.65. The van der Waals surface area contributed by atoms with Crippen molar-refractivity contribution in [3.63, 3.8) is 0 Å². The average Bonchev–Trinajstić information content (AvgIpc) is 2.90. The third-order valence-corrected chi connectivity index (χ3v) is 2.95. The number of carbonyl (C=O) groups is 1. The largest absolute Gasteiger partial charge is 0.402 e. The molecule has 5 N–H and O–H groups in total. The van der Waals surface area contributed by atoms with E-state index in [1.165, 1.54) is 17.9 Å². The minimum absolute atomic E-state index is 0.0293. The molecule has 0 spiro atoms. The lowest BCUT2D eigenvalue weighted by Gasteiger charge is -2.07. The Morgan fingerprint density at radius 1 is 1.57 bits per heavy atom. The number of carbonyl (C=O) groups excluding carboxylic acids is 1. The van der Waals surface area contributed by atoms with Crippen LogP contribution in [0.1, 0.15) is 23.3 Å². The summed E-state index contributed by atoms with van der Waals surface area (Å²) in [6, 6.07) is 0. The Kier molecular flexibility index (Phi) is 7.12. The predicted octanol–water partition coefficient (Wildman–Crippen LogP) is 0.834. The highest BCUT2D eigenvalue weighted by atomic mass is 127. The van der Waals surface area contributed by atoms with Gasteiger partial charge in [-0.3, -0.25) is 4.79 Å². The van der Waals surface area contributed by atoms with E-state index in [-0.39, 0.29) is 24.6 Å². The smallest absolute Gasteiger partial charge is 0.273 e. The van der Waals surface area contributed by atoms with E-state index in [9.17, 15) is 9.18 Å². The van der Waals surface area contributed by atoms with E-state index >= 15 is 0 Å². The van der Waals surface area contributed by atoms with Crippen LogP contribution in [0.25, 0.3) is 0 Å². The zero-order valence-corrected chi connectivity index (χ0v) is 13.7. The molecule has 0 fully saturated rings. The van der Waals surface area contributed by atoms with Crippen molar-refractivity contribution in [2.45, 2.75) is 25.6 Å². The first kappa shape index (κ1) is 17.4. The zero-order chi connectivity index (χ0) is 15.8. The van der Waals surface area contributed by atoms with Crippen LogP contribution < -0.4 is 16.8 Å². The van der Waals surface area contributed by atoms with Crippen LogP contribution in [0.5, 0.6) is 0 Å². The molecule has 0 aliphatic heterocycles. The van der Waals surface area contributed by atoms with Gasteiger partial charge < -0.3 is 16.8 Å². The molecule has 0 aromatic carbocycles. The molecule has 0 radical (unpaired) electrons. The molecular formula is C12H18FIN6O. The van der Waals surface area contributed by atoms with Crippen LogP contribution in [-0.2, 0) is 6.54 Å². The van der Waals surface area contributed by atoms with Gasteiger partial charge in [0.1, 0.15) is 6.17 Å². The number of halogens is 2. The molecule has 1 aromatic rings. The van der Waals surface area contributed by atoms with Gasteiger partial charge in [-0.1, -0.05) is 5.21 Å². The van der Waals surface area contributed by atoms with Crippen LogP contribution in [0, 0.1) is 0 Å². The summed E-state index contributed by atoms with van der Waals surface area (Å²) in [5.74, 6) is -0.355. The highest BCUT2D eigenvalue weighted by molar-refractivity contribution is 14.1. The molecule has 1 heterocycles. The summed E-state index contributed by atoms with van der Waals surface area (Å²) in [4.78, 5) is 11.3. The summed E-state index contributed by atoms with van der Waals surface area (Å²) >= 11 is 1.96. The molecule has 1 atom stereocenters. The minimum Gasteiger partial charge on any atom is -0.402 e. The number of nitrogens with one attached hydrogen (secondary N) is 1. The van der Waals surface area contributed by atoms with Crippen LogP contribution in [0.3, 0.4) is 0 Å². The van der Waals surface area contributed by atoms with Crippen LogP contribution >= 0.6 is 22.6 Å². The fourth-order valence-corrected chi connectivity index (χ4v) is 1.69. The van der Waals surface area contributed by atoms with Crippen molar-refractivity contribution in [1.29, 1.82) is 0 Å². The molecular weight excluding hydrogens is 390 g/mol. The third-order valence-electron chi connectivity index (χ3n) is 2.59. The highest BCUT2D eigenvalue weighted by Gasteiger charge is 2.12. The van der Waals surface area contributed by atoms with E-state index < -0.39 is 6.17 Å². The second-order valence-corrected chi connectivity index (χ2v) is 5.58. The summed E-state index contributed by atoms with van der Waals surface area (Å²) in [6.45, 7) is 0.0293. The first-order valence-electron chi connectivity index (χ1n) is 6.26. The maximum atomic E-state index is 13.8. The summed E-state index contributed by atoms with van der Waals surface area (Å²) in [6.07, 6.45) is 4.27. The van der Waals surface area contributed by atoms with Crippen molar-refractivity contribution >= 4 is 28.5 Å². The Balaban J connectivity index is 2.45. The number of hydrogen-bond donors (Lipinski definition) is 3. The van der Waals surface area contributed by atoms with Crippen LogP contribution in [-0.4, -0.2) is 34.1 Å². The van der Waals surface area contributed by atoms with Gasteiger partial charge in [-0.05, 0) is 47.6 Å². The average molecular weight is 408 g/mol. The molecule has 7 nitrogen and oxygen atoms in total. The number of hydrogen-bond acceptors (Lipinski definition) is 5. The number of nitrogens with two attached hydrogens (primary N) is 2. The lowest BCUT2D eigenvalue weighted by atomic mass is 10.1. The molecule has 1 rings (SSSR count). The lowest BCUT2D eigenvalue weighted by molar-refractivity contribution is 0.0958. The number of amides is 1. The van der Waals surface area contributed by atoms with Crippen molar-refractivity contribution in [3.8, 4) is 0 Å². The van der Waals surface area contributed by atoms with E-state index in [1.807, 2.05) is 22.6 Å². The van der Waals surface area contributed by atoms with E-state index in [4.69, 9.17) is 11.5 Å². The van der Waals surface area contributed by atoms with Gasteiger partial charge in [-0.25, -0.2) is 9.07 Å². The van der Waals surface area contributed by atoms with Crippen molar-refractivity contribution in [3.05, 3.63) is 33.4 Å². The maximum absolute atomic E-state index is 13.8. The summed E-state index contributed by atoms with van der Waals surface area (Å²) in [5.41, 5.74) is 11.9. The van der Waals surface area contributed by atoms with Crippen molar-refractivity contribution < 1.29 is 9.18 Å². The predicted molar refractivity (Wildman–Crippen MR) is 86.1 cm³/mol. The van der Waals surface area contributed by atoms with Crippen LogP contribution in [0.2, 0.25) is 0 Å². The van der Waals surface area contributed by atoms with Gasteiger partial charge in [-0.15, -0.1) is 5.10 Å². The van der Waals surface area contributed by atoms with Crippen molar-refractivity contribution in [2.75, 3.05) is 7.05 Å². The fraction of sp³-hybridized carbons (Fsp3) is 0.417. The third kappa shape index (κ3) is 6.56. The molecule has 0 saturated carbocycles. The normalized spacial score (nSPS) is 14.0. The number of nitrogens with zero attached hydrogens (tertiary/aromatic N) is 3. The quantitative estimate of drug-likeness (QED) is 0.352. The molecule has 116 valence electrons. The van der Waals surface area contributed by atoms with E-state index in [2.05, 4.69) is 15.6 Å². The molecule has 21 heavy (non-hydrogen) atoms. The van der Waals surface area contributed by atoms with Gasteiger partial charge >= 0.3 is 0 Å². The maximum Gasteiger partial charge on any atom is 0.273 e. The summed E-state index contributed by atoms with van der Waals surface area (Å²) in [7, 11) is 1.49. The standard InChI is InChI=1S/C12H18FIN6O/c1-17-12(21)10-7-20(19-18-10)6-8(13)2-3-9(15)4-5-11(14)16/h4-5,7-8H,2-3,6,15-16H2,1H3,(H,17,21)/b9-4-,11-5-. The second kappa shape index (κ2) is 8.60. The molecule has 1 amide bonds. The zero-order valence-electron chi connectivity index (χ0n) is 11.6. The van der Waals surface area contributed by atoms with Gasteiger partial charge in [0.25, 0.3) is 5.91 Å². The topological polar surface area (TPSA) is 112 Å². The molecule has 0 bridgehead atoms. The number of rotatable bonds is 7. The number of aromatic nitrogens is 3. The number of alkyl halides is 1. The minimum atomic E-state index is -1.13. The van der Waals surface area contributed by atoms with Gasteiger partial charge in [0, 0.05) is 12.7 Å². The first-order valence-corrected chi connectivity index (χ1v) is 7.33. The van der Waals surface area contributed by atoms with Crippen molar-refractivity contribution in [2.24, 2.45) is 11.5 Å². The summed E-state index contributed by atoms with van der Waals surface area (Å²) in [5, 5.41) is 9.79. The molecule has 9 heteroatoms. The summed E-state index contributed by atoms with van der Waals surface area (Å²) < 4.78 is 15.7. The molecule has 0 aliphatic carbocycles. The Bertz CT molecular complexity index is 538. The van der Waals surface area contributed by atoms with Crippen molar-refractivity contribution in [1.82, 2.24) is 20.3 Å². The lowest BCUT2D eigenvalue weighted by Crippen LogP contribution is -2.18. The van der Waals surface area contributed by atoms with Gasteiger partial charge in [0.05, 0.1) is 16.4 Å². The monoisotopic (exact) mass is 408 g/mol. The van der Waals surface area contributed by atoms with Gasteiger partial charge in [0.2, 0.25) is 0 Å². The SMILES string of the molecule is CNC(=O)c1cn(CC(F)CC/C(N)=C/C=C(\N)I)nn1. The molecule has 0 saturated heterocycles.